The summed E-state index contributed by atoms with van der Waals surface area (Å²) in [7, 11) is -17.7. The molecule has 2 amide bonds. The van der Waals surface area contributed by atoms with Crippen LogP contribution >= 0.6 is 35.2 Å². The molecule has 0 bridgehead atoms. The van der Waals surface area contributed by atoms with Crippen molar-refractivity contribution < 1.29 is 90.4 Å². The summed E-state index contributed by atoms with van der Waals surface area (Å²) in [4.78, 5) is 111. The number of aliphatic hydroxyl groups is 3. The molecular formula is C45H66N7O19P3S-4. The second kappa shape index (κ2) is 23.3. The van der Waals surface area contributed by atoms with Gasteiger partial charge in [-0.2, -0.15) is 0 Å². The van der Waals surface area contributed by atoms with Gasteiger partial charge in [-0.05, 0) is 91.4 Å². The van der Waals surface area contributed by atoms with E-state index in [9.17, 15) is 67.8 Å². The molecule has 420 valence electrons. The lowest BCUT2D eigenvalue weighted by Gasteiger charge is -2.58. The van der Waals surface area contributed by atoms with Crippen LogP contribution in [0.1, 0.15) is 105 Å². The van der Waals surface area contributed by atoms with Crippen molar-refractivity contribution >= 4 is 74.9 Å². The molecule has 0 radical (unpaired) electrons. The van der Waals surface area contributed by atoms with Gasteiger partial charge in [0, 0.05) is 43.5 Å². The smallest absolute Gasteiger partial charge is 0.274 e. The minimum absolute atomic E-state index is 0.0181. The van der Waals surface area contributed by atoms with Gasteiger partial charge in [0.2, 0.25) is 11.8 Å². The summed E-state index contributed by atoms with van der Waals surface area (Å²) < 4.78 is 61.1. The normalized spacial score (nSPS) is 31.7. The number of phosphoric acid groups is 3. The zero-order valence-corrected chi connectivity index (χ0v) is 45.7. The molecule has 2 aromatic heterocycles. The Labute approximate surface area is 437 Å². The van der Waals surface area contributed by atoms with Crippen molar-refractivity contribution in [3.63, 3.8) is 0 Å². The fourth-order valence-corrected chi connectivity index (χ4v) is 15.9. The lowest BCUT2D eigenvalue weighted by Crippen LogP contribution is -2.51. The number of aliphatic hydroxyl groups excluding tert-OH is 3. The molecule has 0 spiro atoms. The van der Waals surface area contributed by atoms with E-state index in [0.29, 0.717) is 24.2 Å². The largest absolute Gasteiger partial charge is 0.790 e. The average Bonchev–Trinajstić information content (AvgIpc) is 4.01. The first-order valence-corrected chi connectivity index (χ1v) is 30.2. The Morgan fingerprint density at radius 1 is 0.987 bits per heavy atom. The summed E-state index contributed by atoms with van der Waals surface area (Å²) >= 11 is 1.00. The molecule has 2 aromatic rings. The van der Waals surface area contributed by atoms with Crippen molar-refractivity contribution in [3.05, 3.63) is 24.3 Å². The van der Waals surface area contributed by atoms with Crippen LogP contribution in [0.3, 0.4) is 0 Å². The summed E-state index contributed by atoms with van der Waals surface area (Å²) in [6.45, 7) is 6.76. The van der Waals surface area contributed by atoms with E-state index < -0.39 is 90.7 Å². The summed E-state index contributed by atoms with van der Waals surface area (Å²) in [5, 5.41) is 37.7. The Kier molecular flexibility index (Phi) is 18.5. The molecule has 7 N–H and O–H groups in total. The van der Waals surface area contributed by atoms with Crippen molar-refractivity contribution in [2.24, 2.45) is 45.8 Å². The van der Waals surface area contributed by atoms with Crippen LogP contribution < -0.4 is 35.9 Å². The highest BCUT2D eigenvalue weighted by atomic mass is 32.2. The number of phosphoric ester groups is 3. The van der Waals surface area contributed by atoms with Crippen LogP contribution in [0.2, 0.25) is 0 Å². The number of allylic oxidation sites excluding steroid dienone is 1. The highest BCUT2D eigenvalue weighted by Gasteiger charge is 2.60. The van der Waals surface area contributed by atoms with Gasteiger partial charge in [0.25, 0.3) is 15.6 Å². The number of nitrogens with two attached hydrogens (primary N) is 1. The number of anilines is 1. The molecule has 3 saturated carbocycles. The summed E-state index contributed by atoms with van der Waals surface area (Å²) in [5.41, 5.74) is 5.55. The Morgan fingerprint density at radius 3 is 2.43 bits per heavy atom. The van der Waals surface area contributed by atoms with E-state index in [-0.39, 0.29) is 82.2 Å². The van der Waals surface area contributed by atoms with Gasteiger partial charge in [-0.15, -0.1) is 0 Å². The second-order valence-electron chi connectivity index (χ2n) is 21.5. The molecule has 26 nitrogen and oxygen atoms in total. The van der Waals surface area contributed by atoms with Gasteiger partial charge in [0.05, 0.1) is 33.5 Å². The molecule has 4 aliphatic carbocycles. The Morgan fingerprint density at radius 2 is 1.71 bits per heavy atom. The number of ketones is 1. The molecule has 0 aromatic carbocycles. The molecule has 4 fully saturated rings. The first-order chi connectivity index (χ1) is 34.9. The molecule has 7 rings (SSSR count). The number of carbonyl (C=O) groups is 4. The highest BCUT2D eigenvalue weighted by Crippen LogP contribution is 2.68. The maximum absolute atomic E-state index is 13.0. The fraction of sp³-hybridized carbons (Fsp3) is 0.756. The number of fused-ring (bicyclic) bond motifs is 6. The van der Waals surface area contributed by atoms with Crippen molar-refractivity contribution in [1.82, 2.24) is 30.2 Å². The minimum Gasteiger partial charge on any atom is -0.790 e. The Balaban J connectivity index is 0.785. The molecule has 3 heterocycles. The van der Waals surface area contributed by atoms with Crippen molar-refractivity contribution in [3.8, 4) is 0 Å². The number of thioether (sulfide) groups is 1. The van der Waals surface area contributed by atoms with Crippen LogP contribution in [0.4, 0.5) is 5.82 Å². The van der Waals surface area contributed by atoms with Gasteiger partial charge in [0.1, 0.15) is 36.3 Å². The molecule has 5 aliphatic rings. The number of amides is 2. The summed E-state index contributed by atoms with van der Waals surface area (Å²) in [5.74, 6) is 0.787. The quantitative estimate of drug-likeness (QED) is 0.0658. The van der Waals surface area contributed by atoms with E-state index in [4.69, 9.17) is 10.5 Å². The molecule has 15 atom stereocenters. The van der Waals surface area contributed by atoms with Gasteiger partial charge in [-0.25, -0.2) is 19.3 Å². The zero-order valence-electron chi connectivity index (χ0n) is 42.2. The first-order valence-electron chi connectivity index (χ1n) is 24.8. The third-order valence-electron chi connectivity index (χ3n) is 16.4. The van der Waals surface area contributed by atoms with E-state index in [2.05, 4.69) is 64.2 Å². The van der Waals surface area contributed by atoms with E-state index in [1.54, 1.807) is 0 Å². The van der Waals surface area contributed by atoms with Crippen LogP contribution in [0, 0.1) is 45.8 Å². The second-order valence-corrected chi connectivity index (χ2v) is 26.7. The number of ether oxygens (including phenoxy) is 1. The van der Waals surface area contributed by atoms with Crippen LogP contribution in [0.25, 0.3) is 11.2 Å². The number of imidazole rings is 1. The van der Waals surface area contributed by atoms with Crippen LogP contribution in [-0.2, 0) is 55.5 Å². The third-order valence-corrected chi connectivity index (χ3v) is 20.3. The van der Waals surface area contributed by atoms with Gasteiger partial charge in [0.15, 0.2) is 28.6 Å². The lowest BCUT2D eigenvalue weighted by atomic mass is 9.46. The topological polar surface area (TPSA) is 412 Å². The van der Waals surface area contributed by atoms with Gasteiger partial charge >= 0.3 is 0 Å². The standard InChI is InChI=1S/C45H70N7O19P3S/c1-24(28-8-9-29-27-7-6-25-18-26(53)10-13-44(25,4)30(27)11-14-45(28,29)5)31(54)19-34(56)75-17-16-47-33(55)12-15-48-41(59)38(58)43(2,3)21-68-74(65,66)71-73(63,64)67-20-32-37(70-72(60,61)62)36(57)42(69-32)52-23-51-35-39(46)49-22-50-40(35)52/h18,22-24,27-32,36-38,42,54,57-58H,6-17,19-21H2,1-5H3,(H,47,55)(H,48,59)(H,63,64)(H,65,66)(H2,46,49,50)(H2,60,61,62)/p-4. The van der Waals surface area contributed by atoms with Crippen LogP contribution in [-0.4, -0.2) is 120 Å². The van der Waals surface area contributed by atoms with Crippen molar-refractivity contribution in [2.45, 2.75) is 136 Å². The minimum atomic E-state index is -5.95. The van der Waals surface area contributed by atoms with E-state index in [1.165, 1.54) is 19.4 Å². The van der Waals surface area contributed by atoms with Gasteiger partial charge in [-0.1, -0.05) is 52.0 Å². The van der Waals surface area contributed by atoms with Crippen molar-refractivity contribution in [1.29, 1.82) is 0 Å². The number of hydrogen-bond acceptors (Lipinski definition) is 24. The number of rotatable bonds is 23. The van der Waals surface area contributed by atoms with E-state index in [0.717, 1.165) is 73.9 Å². The average molecular weight is 1130 g/mol. The molecule has 75 heavy (non-hydrogen) atoms. The predicted octanol–water partition coefficient (Wildman–Crippen LogP) is 0.672. The first kappa shape index (κ1) is 59.6. The number of nitrogen functional groups attached to an aromatic ring is 1. The summed E-state index contributed by atoms with van der Waals surface area (Å²) in [6.07, 6.45) is 1.28. The Bertz CT molecular complexity index is 2640. The SMILES string of the molecule is CC(C(O)CC(=O)SCCNC(=O)CCNC(=O)C(O)C(C)(C)COP(=O)([O-])OP(=O)([O-])OCC1OC(n2cnc3c(N)ncnc32)C(O)C1OP(=O)([O-])[O-])C1CCC2C3CCC4=CC(=O)CCC4(C)C3CCC12C. The van der Waals surface area contributed by atoms with Crippen LogP contribution in [0.15, 0.2) is 24.3 Å². The van der Waals surface area contributed by atoms with Crippen LogP contribution in [0.5, 0.6) is 0 Å². The number of aromatic nitrogens is 4. The fourth-order valence-electron chi connectivity index (χ4n) is 12.4. The molecule has 1 saturated heterocycles. The maximum atomic E-state index is 13.0. The number of nitrogens with zero attached hydrogens (tertiary/aromatic N) is 4. The van der Waals surface area contributed by atoms with Gasteiger partial charge < -0.3 is 74.1 Å². The predicted molar refractivity (Wildman–Crippen MR) is 258 cm³/mol. The maximum Gasteiger partial charge on any atom is 0.274 e. The van der Waals surface area contributed by atoms with E-state index >= 15 is 0 Å². The zero-order chi connectivity index (χ0) is 55.1. The third kappa shape index (κ3) is 13.7. The Hall–Kier alpha value is -3.07. The lowest BCUT2D eigenvalue weighted by molar-refractivity contribution is -0.347. The molecule has 30 heteroatoms. The number of hydrogen-bond donors (Lipinski definition) is 6. The van der Waals surface area contributed by atoms with Crippen molar-refractivity contribution in [2.75, 3.05) is 37.8 Å². The number of nitrogens with one attached hydrogen (secondary N) is 2. The molecule has 15 unspecified atom stereocenters. The number of carbonyl (C=O) groups excluding carboxylic acids is 4. The summed E-state index contributed by atoms with van der Waals surface area (Å²) in [6, 6.07) is 0. The van der Waals surface area contributed by atoms with E-state index in [1.807, 2.05) is 6.08 Å². The van der Waals surface area contributed by atoms with Gasteiger partial charge in [-0.3, -0.25) is 32.9 Å². The molecular weight excluding hydrogens is 1070 g/mol. The highest BCUT2D eigenvalue weighted by molar-refractivity contribution is 8.13. The monoisotopic (exact) mass is 1130 g/mol. The molecule has 1 aliphatic heterocycles.